The average molecular weight is 342 g/mol. The molecular formula is C20H26N2O3. The highest BCUT2D eigenvalue weighted by Crippen LogP contribution is 2.23. The van der Waals surface area contributed by atoms with Crippen LogP contribution in [0.3, 0.4) is 0 Å². The third-order valence-corrected chi connectivity index (χ3v) is 5.15. The largest absolute Gasteiger partial charge is 0.449 e. The predicted molar refractivity (Wildman–Crippen MR) is 97.7 cm³/mol. The first-order valence-corrected chi connectivity index (χ1v) is 9.06. The Kier molecular flexibility index (Phi) is 5.11. The smallest absolute Gasteiger partial charge is 0.338 e. The standard InChI is InChI=1S/C20H26N2O3/c1-12-13(2)21-18-10-9-15(11-17(12)18)20(24)25-14(3)19(23)22-16-7-5-4-6-8-16/h9-11,14,16,21H,4-8H2,1-3H3,(H,22,23). The van der Waals surface area contributed by atoms with Crippen molar-refractivity contribution in [3.8, 4) is 0 Å². The number of H-pyrrole nitrogens is 1. The Morgan fingerprint density at radius 3 is 2.64 bits per heavy atom. The number of carbonyl (C=O) groups is 2. The van der Waals surface area contributed by atoms with Gasteiger partial charge in [0.05, 0.1) is 5.56 Å². The van der Waals surface area contributed by atoms with Crippen molar-refractivity contribution in [1.29, 1.82) is 0 Å². The molecule has 0 radical (unpaired) electrons. The predicted octanol–water partition coefficient (Wildman–Crippen LogP) is 3.78. The molecule has 1 fully saturated rings. The van der Waals surface area contributed by atoms with Crippen LogP contribution in [0.5, 0.6) is 0 Å². The van der Waals surface area contributed by atoms with Gasteiger partial charge in [0.25, 0.3) is 5.91 Å². The number of ether oxygens (including phenoxy) is 1. The van der Waals surface area contributed by atoms with Crippen LogP contribution in [-0.2, 0) is 9.53 Å². The normalized spacial score (nSPS) is 16.6. The van der Waals surface area contributed by atoms with Crippen molar-refractivity contribution in [3.63, 3.8) is 0 Å². The van der Waals surface area contributed by atoms with E-state index in [4.69, 9.17) is 4.74 Å². The van der Waals surface area contributed by atoms with Crippen LogP contribution >= 0.6 is 0 Å². The molecule has 0 bridgehead atoms. The molecule has 5 nitrogen and oxygen atoms in total. The van der Waals surface area contributed by atoms with Gasteiger partial charge in [0, 0.05) is 22.6 Å². The Labute approximate surface area is 148 Å². The first-order chi connectivity index (χ1) is 12.0. The maximum atomic E-state index is 12.4. The van der Waals surface area contributed by atoms with Gasteiger partial charge in [0.1, 0.15) is 0 Å². The quantitative estimate of drug-likeness (QED) is 0.831. The summed E-state index contributed by atoms with van der Waals surface area (Å²) in [6, 6.07) is 5.64. The maximum Gasteiger partial charge on any atom is 0.338 e. The van der Waals surface area contributed by atoms with Crippen molar-refractivity contribution in [1.82, 2.24) is 10.3 Å². The van der Waals surface area contributed by atoms with Gasteiger partial charge in [-0.1, -0.05) is 19.3 Å². The summed E-state index contributed by atoms with van der Waals surface area (Å²) in [4.78, 5) is 27.9. The Balaban J connectivity index is 1.64. The second-order valence-electron chi connectivity index (χ2n) is 7.03. The lowest BCUT2D eigenvalue weighted by atomic mass is 9.95. The van der Waals surface area contributed by atoms with Crippen LogP contribution in [0.2, 0.25) is 0 Å². The van der Waals surface area contributed by atoms with Gasteiger partial charge in [-0.2, -0.15) is 0 Å². The van der Waals surface area contributed by atoms with Crippen LogP contribution in [0, 0.1) is 13.8 Å². The van der Waals surface area contributed by atoms with Crippen LogP contribution in [-0.4, -0.2) is 29.0 Å². The number of hydrogen-bond donors (Lipinski definition) is 2. The van der Waals surface area contributed by atoms with Crippen molar-refractivity contribution >= 4 is 22.8 Å². The molecule has 1 saturated carbocycles. The minimum atomic E-state index is -0.792. The number of amides is 1. The summed E-state index contributed by atoms with van der Waals surface area (Å²) in [5, 5.41) is 4.00. The molecule has 134 valence electrons. The lowest BCUT2D eigenvalue weighted by Gasteiger charge is -2.24. The Morgan fingerprint density at radius 2 is 1.92 bits per heavy atom. The van der Waals surface area contributed by atoms with Gasteiger partial charge in [0.15, 0.2) is 6.10 Å². The second-order valence-corrected chi connectivity index (χ2v) is 7.03. The zero-order chi connectivity index (χ0) is 18.0. The fourth-order valence-corrected chi connectivity index (χ4v) is 3.44. The third kappa shape index (κ3) is 3.86. The van der Waals surface area contributed by atoms with Gasteiger partial charge in [-0.25, -0.2) is 4.79 Å². The van der Waals surface area contributed by atoms with E-state index in [2.05, 4.69) is 10.3 Å². The Hall–Kier alpha value is -2.30. The zero-order valence-corrected chi connectivity index (χ0v) is 15.1. The van der Waals surface area contributed by atoms with Gasteiger partial charge in [-0.3, -0.25) is 4.79 Å². The molecule has 1 atom stereocenters. The van der Waals surface area contributed by atoms with Crippen molar-refractivity contribution < 1.29 is 14.3 Å². The van der Waals surface area contributed by atoms with E-state index in [1.165, 1.54) is 6.42 Å². The van der Waals surface area contributed by atoms with Crippen LogP contribution < -0.4 is 5.32 Å². The highest BCUT2D eigenvalue weighted by Gasteiger charge is 2.23. The number of carbonyl (C=O) groups excluding carboxylic acids is 2. The van der Waals surface area contributed by atoms with Crippen molar-refractivity contribution in [2.75, 3.05) is 0 Å². The van der Waals surface area contributed by atoms with E-state index in [0.29, 0.717) is 5.56 Å². The lowest BCUT2D eigenvalue weighted by Crippen LogP contribution is -2.42. The van der Waals surface area contributed by atoms with E-state index >= 15 is 0 Å². The molecule has 1 aromatic heterocycles. The first-order valence-electron chi connectivity index (χ1n) is 9.06. The van der Waals surface area contributed by atoms with Crippen LogP contribution in [0.1, 0.15) is 60.6 Å². The first kappa shape index (κ1) is 17.5. The molecule has 1 unspecified atom stereocenters. The number of aryl methyl sites for hydroxylation is 2. The number of aromatic amines is 1. The maximum absolute atomic E-state index is 12.4. The fourth-order valence-electron chi connectivity index (χ4n) is 3.44. The molecule has 0 saturated heterocycles. The summed E-state index contributed by atoms with van der Waals surface area (Å²) in [6.07, 6.45) is 4.75. The summed E-state index contributed by atoms with van der Waals surface area (Å²) in [6.45, 7) is 5.65. The zero-order valence-electron chi connectivity index (χ0n) is 15.1. The number of hydrogen-bond acceptors (Lipinski definition) is 3. The molecule has 1 aliphatic rings. The SMILES string of the molecule is Cc1[nH]c2ccc(C(=O)OC(C)C(=O)NC3CCCCC3)cc2c1C. The van der Waals surface area contributed by atoms with E-state index in [1.54, 1.807) is 13.0 Å². The van der Waals surface area contributed by atoms with E-state index in [9.17, 15) is 9.59 Å². The van der Waals surface area contributed by atoms with E-state index in [-0.39, 0.29) is 11.9 Å². The van der Waals surface area contributed by atoms with Crippen molar-refractivity contribution in [2.24, 2.45) is 0 Å². The molecular weight excluding hydrogens is 316 g/mol. The van der Waals surface area contributed by atoms with Gasteiger partial charge in [-0.05, 0) is 57.4 Å². The average Bonchev–Trinajstić information content (AvgIpc) is 2.89. The number of fused-ring (bicyclic) bond motifs is 1. The number of benzene rings is 1. The number of nitrogens with one attached hydrogen (secondary N) is 2. The van der Waals surface area contributed by atoms with Gasteiger partial charge in [-0.15, -0.1) is 0 Å². The minimum Gasteiger partial charge on any atom is -0.449 e. The van der Waals surface area contributed by atoms with Crippen molar-refractivity contribution in [3.05, 3.63) is 35.0 Å². The molecule has 0 spiro atoms. The number of rotatable bonds is 4. The molecule has 25 heavy (non-hydrogen) atoms. The Morgan fingerprint density at radius 1 is 1.20 bits per heavy atom. The Bertz CT molecular complexity index is 788. The molecule has 3 rings (SSSR count). The van der Waals surface area contributed by atoms with Gasteiger partial charge >= 0.3 is 5.97 Å². The van der Waals surface area contributed by atoms with Gasteiger partial charge < -0.3 is 15.0 Å². The molecule has 1 aliphatic carbocycles. The number of esters is 1. The van der Waals surface area contributed by atoms with E-state index < -0.39 is 12.1 Å². The van der Waals surface area contributed by atoms with Crippen LogP contribution in [0.15, 0.2) is 18.2 Å². The minimum absolute atomic E-state index is 0.212. The molecule has 1 heterocycles. The molecule has 2 aromatic rings. The molecule has 0 aliphatic heterocycles. The summed E-state index contributed by atoms with van der Waals surface area (Å²) in [7, 11) is 0. The van der Waals surface area contributed by atoms with E-state index in [1.807, 2.05) is 26.0 Å². The van der Waals surface area contributed by atoms with E-state index in [0.717, 1.165) is 47.8 Å². The highest BCUT2D eigenvalue weighted by molar-refractivity contribution is 5.97. The van der Waals surface area contributed by atoms with Crippen molar-refractivity contribution in [2.45, 2.75) is 65.0 Å². The molecule has 5 heteroatoms. The second kappa shape index (κ2) is 7.30. The molecule has 1 amide bonds. The van der Waals surface area contributed by atoms with Crippen LogP contribution in [0.4, 0.5) is 0 Å². The lowest BCUT2D eigenvalue weighted by molar-refractivity contribution is -0.130. The summed E-state index contributed by atoms with van der Waals surface area (Å²) in [5.74, 6) is -0.679. The topological polar surface area (TPSA) is 71.2 Å². The highest BCUT2D eigenvalue weighted by atomic mass is 16.5. The monoisotopic (exact) mass is 342 g/mol. The van der Waals surface area contributed by atoms with Crippen LogP contribution in [0.25, 0.3) is 10.9 Å². The number of aromatic nitrogens is 1. The molecule has 1 aromatic carbocycles. The summed E-state index contributed by atoms with van der Waals surface area (Å²) < 4.78 is 5.37. The van der Waals surface area contributed by atoms with Gasteiger partial charge in [0.2, 0.25) is 0 Å². The molecule has 2 N–H and O–H groups in total. The summed E-state index contributed by atoms with van der Waals surface area (Å²) >= 11 is 0. The summed E-state index contributed by atoms with van der Waals surface area (Å²) in [5.41, 5.74) is 3.66. The third-order valence-electron chi connectivity index (χ3n) is 5.15. The fraction of sp³-hybridized carbons (Fsp3) is 0.500.